The van der Waals surface area contributed by atoms with Crippen molar-refractivity contribution in [2.45, 2.75) is 46.1 Å². The molecule has 19 heavy (non-hydrogen) atoms. The van der Waals surface area contributed by atoms with Crippen molar-refractivity contribution >= 4 is 5.91 Å². The van der Waals surface area contributed by atoms with Crippen LogP contribution in [0.1, 0.15) is 39.7 Å². The fourth-order valence-electron chi connectivity index (χ4n) is 1.73. The van der Waals surface area contributed by atoms with Crippen molar-refractivity contribution in [3.63, 3.8) is 0 Å². The minimum Gasteiger partial charge on any atom is -0.351 e. The Balaban J connectivity index is 2.55. The standard InChI is InChI=1S/C16H26N2O/c1-15(2,12-17)14(19)18-16(3,4)11-10-13-8-6-5-7-9-13/h5-9H,10-12,17H2,1-4H3,(H,18,19). The topological polar surface area (TPSA) is 55.1 Å². The van der Waals surface area contributed by atoms with Gasteiger partial charge in [0.05, 0.1) is 5.41 Å². The second kappa shape index (κ2) is 6.20. The number of nitrogens with one attached hydrogen (secondary N) is 1. The van der Waals surface area contributed by atoms with Crippen molar-refractivity contribution in [2.75, 3.05) is 6.54 Å². The lowest BCUT2D eigenvalue weighted by Crippen LogP contribution is -2.51. The Morgan fingerprint density at radius 1 is 1.16 bits per heavy atom. The van der Waals surface area contributed by atoms with E-state index in [0.717, 1.165) is 12.8 Å². The third-order valence-corrected chi connectivity index (χ3v) is 3.46. The Bertz CT molecular complexity index is 410. The summed E-state index contributed by atoms with van der Waals surface area (Å²) in [6, 6.07) is 10.3. The summed E-state index contributed by atoms with van der Waals surface area (Å²) in [5.74, 6) is 0.0214. The minimum absolute atomic E-state index is 0.0214. The van der Waals surface area contributed by atoms with Crippen molar-refractivity contribution in [1.29, 1.82) is 0 Å². The van der Waals surface area contributed by atoms with Gasteiger partial charge in [0.2, 0.25) is 5.91 Å². The van der Waals surface area contributed by atoms with E-state index in [1.165, 1.54) is 5.56 Å². The number of nitrogens with two attached hydrogens (primary N) is 1. The summed E-state index contributed by atoms with van der Waals surface area (Å²) < 4.78 is 0. The summed E-state index contributed by atoms with van der Waals surface area (Å²) in [6.45, 7) is 8.21. The normalized spacial score (nSPS) is 12.3. The van der Waals surface area contributed by atoms with Gasteiger partial charge in [-0.25, -0.2) is 0 Å². The number of carbonyl (C=O) groups is 1. The number of rotatable bonds is 6. The molecule has 0 radical (unpaired) electrons. The van der Waals surface area contributed by atoms with Crippen molar-refractivity contribution in [2.24, 2.45) is 11.1 Å². The zero-order chi connectivity index (χ0) is 14.5. The number of benzene rings is 1. The lowest BCUT2D eigenvalue weighted by molar-refractivity contribution is -0.130. The minimum atomic E-state index is -0.510. The molecule has 0 saturated heterocycles. The van der Waals surface area contributed by atoms with Crippen molar-refractivity contribution in [1.82, 2.24) is 5.32 Å². The average Bonchev–Trinajstić information content (AvgIpc) is 2.37. The maximum absolute atomic E-state index is 12.1. The molecule has 1 aromatic carbocycles. The van der Waals surface area contributed by atoms with E-state index < -0.39 is 5.41 Å². The summed E-state index contributed by atoms with van der Waals surface area (Å²) in [6.07, 6.45) is 1.86. The molecule has 1 aromatic rings. The maximum atomic E-state index is 12.1. The predicted molar refractivity (Wildman–Crippen MR) is 79.8 cm³/mol. The van der Waals surface area contributed by atoms with Gasteiger partial charge in [0, 0.05) is 12.1 Å². The molecule has 0 aliphatic rings. The van der Waals surface area contributed by atoms with Crippen LogP contribution in [-0.4, -0.2) is 18.0 Å². The SMILES string of the molecule is CC(C)(CCc1ccccc1)NC(=O)C(C)(C)CN. The summed E-state index contributed by atoms with van der Waals surface area (Å²) in [5, 5.41) is 3.10. The molecular weight excluding hydrogens is 236 g/mol. The van der Waals surface area contributed by atoms with Crippen LogP contribution in [-0.2, 0) is 11.2 Å². The van der Waals surface area contributed by atoms with Crippen LogP contribution in [0, 0.1) is 5.41 Å². The molecule has 3 nitrogen and oxygen atoms in total. The van der Waals surface area contributed by atoms with Gasteiger partial charge in [-0.3, -0.25) is 4.79 Å². The van der Waals surface area contributed by atoms with Crippen LogP contribution in [0.3, 0.4) is 0 Å². The fourth-order valence-corrected chi connectivity index (χ4v) is 1.73. The van der Waals surface area contributed by atoms with Crippen molar-refractivity contribution in [3.05, 3.63) is 35.9 Å². The average molecular weight is 262 g/mol. The molecule has 0 unspecified atom stereocenters. The summed E-state index contributed by atoms with van der Waals surface area (Å²) >= 11 is 0. The van der Waals surface area contributed by atoms with Gasteiger partial charge in [0.15, 0.2) is 0 Å². The summed E-state index contributed by atoms with van der Waals surface area (Å²) in [7, 11) is 0. The van der Waals surface area contributed by atoms with E-state index in [9.17, 15) is 4.79 Å². The highest BCUT2D eigenvalue weighted by atomic mass is 16.2. The number of aryl methyl sites for hydroxylation is 1. The Morgan fingerprint density at radius 3 is 2.26 bits per heavy atom. The molecule has 106 valence electrons. The maximum Gasteiger partial charge on any atom is 0.227 e. The Hall–Kier alpha value is -1.35. The molecular formula is C16H26N2O. The van der Waals surface area contributed by atoms with Gasteiger partial charge in [0.25, 0.3) is 0 Å². The monoisotopic (exact) mass is 262 g/mol. The van der Waals surface area contributed by atoms with Crippen LogP contribution in [0.15, 0.2) is 30.3 Å². The van der Waals surface area contributed by atoms with Gasteiger partial charge >= 0.3 is 0 Å². The van der Waals surface area contributed by atoms with Crippen molar-refractivity contribution in [3.8, 4) is 0 Å². The smallest absolute Gasteiger partial charge is 0.227 e. The zero-order valence-electron chi connectivity index (χ0n) is 12.5. The predicted octanol–water partition coefficient (Wildman–Crippen LogP) is 2.50. The number of hydrogen-bond acceptors (Lipinski definition) is 2. The van der Waals surface area contributed by atoms with E-state index in [1.54, 1.807) is 0 Å². The van der Waals surface area contributed by atoms with Crippen molar-refractivity contribution < 1.29 is 4.79 Å². The molecule has 0 aromatic heterocycles. The van der Waals surface area contributed by atoms with Gasteiger partial charge in [0.1, 0.15) is 0 Å². The molecule has 0 bridgehead atoms. The van der Waals surface area contributed by atoms with Gasteiger partial charge in [-0.2, -0.15) is 0 Å². The molecule has 1 rings (SSSR count). The number of carbonyl (C=O) groups excluding carboxylic acids is 1. The zero-order valence-corrected chi connectivity index (χ0v) is 12.5. The van der Waals surface area contributed by atoms with Gasteiger partial charge in [-0.15, -0.1) is 0 Å². The first-order valence-electron chi connectivity index (χ1n) is 6.83. The molecule has 0 fully saturated rings. The second-order valence-electron chi connectivity index (χ2n) is 6.41. The highest BCUT2D eigenvalue weighted by Gasteiger charge is 2.30. The first-order valence-corrected chi connectivity index (χ1v) is 6.83. The van der Waals surface area contributed by atoms with Crippen LogP contribution in [0.4, 0.5) is 0 Å². The number of hydrogen-bond donors (Lipinski definition) is 2. The summed E-state index contributed by atoms with van der Waals surface area (Å²) in [4.78, 5) is 12.1. The van der Waals surface area contributed by atoms with E-state index in [2.05, 4.69) is 31.3 Å². The summed E-state index contributed by atoms with van der Waals surface area (Å²) in [5.41, 5.74) is 6.19. The lowest BCUT2D eigenvalue weighted by Gasteiger charge is -2.31. The lowest BCUT2D eigenvalue weighted by atomic mass is 9.89. The van der Waals surface area contributed by atoms with E-state index in [4.69, 9.17) is 5.73 Å². The van der Waals surface area contributed by atoms with Gasteiger partial charge in [-0.1, -0.05) is 30.3 Å². The van der Waals surface area contributed by atoms with Crippen LogP contribution >= 0.6 is 0 Å². The Kier molecular flexibility index (Phi) is 5.12. The van der Waals surface area contributed by atoms with Gasteiger partial charge < -0.3 is 11.1 Å². The quantitative estimate of drug-likeness (QED) is 0.827. The molecule has 0 heterocycles. The van der Waals surface area contributed by atoms with Gasteiger partial charge in [-0.05, 0) is 46.1 Å². The third kappa shape index (κ3) is 5.03. The Labute approximate surface area is 116 Å². The molecule has 1 amide bonds. The largest absolute Gasteiger partial charge is 0.351 e. The Morgan fingerprint density at radius 2 is 1.74 bits per heavy atom. The first kappa shape index (κ1) is 15.7. The third-order valence-electron chi connectivity index (χ3n) is 3.46. The van der Waals surface area contributed by atoms with E-state index in [-0.39, 0.29) is 11.4 Å². The molecule has 0 aliphatic heterocycles. The van der Waals surface area contributed by atoms with Crippen LogP contribution in [0.2, 0.25) is 0 Å². The van der Waals surface area contributed by atoms with Crippen LogP contribution in [0.5, 0.6) is 0 Å². The first-order chi connectivity index (χ1) is 8.77. The number of amides is 1. The molecule has 0 spiro atoms. The molecule has 3 heteroatoms. The highest BCUT2D eigenvalue weighted by Crippen LogP contribution is 2.18. The van der Waals surface area contributed by atoms with Crippen LogP contribution in [0.25, 0.3) is 0 Å². The van der Waals surface area contributed by atoms with E-state index in [1.807, 2.05) is 32.0 Å². The van der Waals surface area contributed by atoms with Crippen LogP contribution < -0.4 is 11.1 Å². The molecule has 3 N–H and O–H groups in total. The second-order valence-corrected chi connectivity index (χ2v) is 6.41. The molecule has 0 atom stereocenters. The van der Waals surface area contributed by atoms with E-state index in [0.29, 0.717) is 6.54 Å². The van der Waals surface area contributed by atoms with E-state index >= 15 is 0 Å². The molecule has 0 saturated carbocycles. The molecule has 0 aliphatic carbocycles. The fraction of sp³-hybridized carbons (Fsp3) is 0.562. The highest BCUT2D eigenvalue weighted by molar-refractivity contribution is 5.82.